The maximum Gasteiger partial charge on any atom is 0.318 e. The summed E-state index contributed by atoms with van der Waals surface area (Å²) in [7, 11) is 1.37. The Bertz CT molecular complexity index is 212. The molecule has 5 N–H and O–H groups in total. The predicted octanol–water partition coefficient (Wildman–Crippen LogP) is -2.40. The van der Waals surface area contributed by atoms with E-state index in [1.165, 1.54) is 7.05 Å². The first kappa shape index (κ1) is 11.2. The summed E-state index contributed by atoms with van der Waals surface area (Å²) in [5.74, 6) is -1.41. The third kappa shape index (κ3) is 4.62. The Kier molecular flexibility index (Phi) is 4.28. The van der Waals surface area contributed by atoms with Gasteiger partial charge in [0.25, 0.3) is 0 Å². The minimum absolute atomic E-state index is 0.331. The molecule has 0 radical (unpaired) electrons. The van der Waals surface area contributed by atoms with Crippen molar-refractivity contribution in [2.45, 2.75) is 0 Å². The molecule has 0 aliphatic carbocycles. The molecule has 0 aromatic rings. The van der Waals surface area contributed by atoms with Gasteiger partial charge in [-0.15, -0.1) is 0 Å². The molecule has 0 spiro atoms. The third-order valence-electron chi connectivity index (χ3n) is 1.19. The van der Waals surface area contributed by atoms with Gasteiger partial charge in [0.2, 0.25) is 11.8 Å². The highest BCUT2D eigenvalue weighted by Crippen LogP contribution is 1.87. The molecule has 0 aliphatic rings. The van der Waals surface area contributed by atoms with Crippen LogP contribution in [-0.4, -0.2) is 42.9 Å². The standard InChI is InChI=1S/C6H12N4O3/c1-9-6(13)10(2-4(7)11)3-5(8)12/h2-3H2,1H3,(H2,7,11)(H2,8,12)(H,9,13). The number of carbonyl (C=O) groups excluding carboxylic acids is 3. The molecule has 0 saturated carbocycles. The van der Waals surface area contributed by atoms with E-state index in [4.69, 9.17) is 11.5 Å². The van der Waals surface area contributed by atoms with Crippen LogP contribution in [0.2, 0.25) is 0 Å². The van der Waals surface area contributed by atoms with E-state index in [1.807, 2.05) is 0 Å². The molecule has 0 rings (SSSR count). The van der Waals surface area contributed by atoms with Gasteiger partial charge in [-0.3, -0.25) is 9.59 Å². The van der Waals surface area contributed by atoms with Crippen LogP contribution in [-0.2, 0) is 9.59 Å². The third-order valence-corrected chi connectivity index (χ3v) is 1.19. The van der Waals surface area contributed by atoms with Crippen LogP contribution in [0.25, 0.3) is 0 Å². The zero-order chi connectivity index (χ0) is 10.4. The van der Waals surface area contributed by atoms with Crippen LogP contribution in [0.4, 0.5) is 4.79 Å². The SMILES string of the molecule is CNC(=O)N(CC(N)=O)CC(N)=O. The second-order valence-corrected chi connectivity index (χ2v) is 2.34. The van der Waals surface area contributed by atoms with Gasteiger partial charge in [-0.2, -0.15) is 0 Å². The monoisotopic (exact) mass is 188 g/mol. The summed E-state index contributed by atoms with van der Waals surface area (Å²) in [5.41, 5.74) is 9.70. The minimum Gasteiger partial charge on any atom is -0.368 e. The Hall–Kier alpha value is -1.79. The van der Waals surface area contributed by atoms with Crippen LogP contribution < -0.4 is 16.8 Å². The van der Waals surface area contributed by atoms with Crippen molar-refractivity contribution in [1.29, 1.82) is 0 Å². The summed E-state index contributed by atoms with van der Waals surface area (Å²) < 4.78 is 0. The molecule has 0 atom stereocenters. The van der Waals surface area contributed by atoms with Crippen molar-refractivity contribution in [3.8, 4) is 0 Å². The first-order chi connectivity index (χ1) is 5.97. The lowest BCUT2D eigenvalue weighted by Gasteiger charge is -2.18. The van der Waals surface area contributed by atoms with Gasteiger partial charge in [-0.25, -0.2) is 4.79 Å². The van der Waals surface area contributed by atoms with Crippen LogP contribution in [0.1, 0.15) is 0 Å². The Morgan fingerprint density at radius 1 is 1.15 bits per heavy atom. The fourth-order valence-corrected chi connectivity index (χ4v) is 0.734. The zero-order valence-electron chi connectivity index (χ0n) is 7.24. The number of hydrogen-bond donors (Lipinski definition) is 3. The fourth-order valence-electron chi connectivity index (χ4n) is 0.734. The Labute approximate surface area is 75.0 Å². The molecular formula is C6H12N4O3. The number of rotatable bonds is 4. The quantitative estimate of drug-likeness (QED) is 0.456. The van der Waals surface area contributed by atoms with E-state index in [0.29, 0.717) is 0 Å². The molecule has 4 amide bonds. The van der Waals surface area contributed by atoms with Crippen molar-refractivity contribution in [1.82, 2.24) is 10.2 Å². The Morgan fingerprint density at radius 3 is 1.77 bits per heavy atom. The summed E-state index contributed by atoms with van der Waals surface area (Å²) in [4.78, 5) is 32.8. The maximum atomic E-state index is 11.0. The van der Waals surface area contributed by atoms with Crippen molar-refractivity contribution in [3.63, 3.8) is 0 Å². The van der Waals surface area contributed by atoms with Gasteiger partial charge in [0.15, 0.2) is 0 Å². The van der Waals surface area contributed by atoms with Gasteiger partial charge < -0.3 is 21.7 Å². The van der Waals surface area contributed by atoms with Gasteiger partial charge in [0.05, 0.1) is 0 Å². The predicted molar refractivity (Wildman–Crippen MR) is 44.4 cm³/mol. The number of nitrogens with one attached hydrogen (secondary N) is 1. The smallest absolute Gasteiger partial charge is 0.318 e. The second kappa shape index (κ2) is 4.96. The maximum absolute atomic E-state index is 11.0. The molecule has 0 saturated heterocycles. The highest BCUT2D eigenvalue weighted by molar-refractivity contribution is 5.87. The van der Waals surface area contributed by atoms with Gasteiger partial charge in [0, 0.05) is 7.05 Å². The van der Waals surface area contributed by atoms with Gasteiger partial charge in [0.1, 0.15) is 13.1 Å². The number of carbonyl (C=O) groups is 3. The number of hydrogen-bond acceptors (Lipinski definition) is 3. The highest BCUT2D eigenvalue weighted by atomic mass is 16.2. The molecule has 7 nitrogen and oxygen atoms in total. The average molecular weight is 188 g/mol. The van der Waals surface area contributed by atoms with Crippen LogP contribution in [0.15, 0.2) is 0 Å². The van der Waals surface area contributed by atoms with Crippen LogP contribution in [0.5, 0.6) is 0 Å². The topological polar surface area (TPSA) is 119 Å². The van der Waals surface area contributed by atoms with Crippen molar-refractivity contribution >= 4 is 17.8 Å². The van der Waals surface area contributed by atoms with Gasteiger partial charge in [-0.1, -0.05) is 0 Å². The number of primary amides is 2. The molecule has 0 bridgehead atoms. The first-order valence-corrected chi connectivity index (χ1v) is 3.50. The molecule has 74 valence electrons. The van der Waals surface area contributed by atoms with E-state index >= 15 is 0 Å². The van der Waals surface area contributed by atoms with Crippen LogP contribution in [0, 0.1) is 0 Å². The summed E-state index contributed by atoms with van der Waals surface area (Å²) in [6.45, 7) is -0.661. The molecule has 0 aromatic carbocycles. The fraction of sp³-hybridized carbons (Fsp3) is 0.500. The van der Waals surface area contributed by atoms with E-state index < -0.39 is 17.8 Å². The lowest BCUT2D eigenvalue weighted by molar-refractivity contribution is -0.120. The number of urea groups is 1. The molecule has 0 aromatic heterocycles. The molecule has 0 heterocycles. The van der Waals surface area contributed by atoms with Gasteiger partial charge >= 0.3 is 6.03 Å². The molecule has 7 heteroatoms. The molecule has 0 fully saturated rings. The number of amides is 4. The van der Waals surface area contributed by atoms with Crippen molar-refractivity contribution < 1.29 is 14.4 Å². The lowest BCUT2D eigenvalue weighted by Crippen LogP contribution is -2.46. The number of nitrogens with zero attached hydrogens (tertiary/aromatic N) is 1. The Balaban J connectivity index is 4.26. The van der Waals surface area contributed by atoms with Crippen LogP contribution in [0.3, 0.4) is 0 Å². The normalized spacial score (nSPS) is 9.00. The van der Waals surface area contributed by atoms with Crippen LogP contribution >= 0.6 is 0 Å². The average Bonchev–Trinajstić information content (AvgIpc) is 2.00. The van der Waals surface area contributed by atoms with Gasteiger partial charge in [-0.05, 0) is 0 Å². The summed E-state index contributed by atoms with van der Waals surface area (Å²) >= 11 is 0. The second-order valence-electron chi connectivity index (χ2n) is 2.34. The molecule has 0 unspecified atom stereocenters. The minimum atomic E-state index is -0.704. The van der Waals surface area contributed by atoms with E-state index in [0.717, 1.165) is 4.90 Å². The van der Waals surface area contributed by atoms with Crippen molar-refractivity contribution in [3.05, 3.63) is 0 Å². The van der Waals surface area contributed by atoms with E-state index in [1.54, 1.807) is 0 Å². The summed E-state index contributed by atoms with van der Waals surface area (Å²) in [6.07, 6.45) is 0. The largest absolute Gasteiger partial charge is 0.368 e. The molecule has 0 aliphatic heterocycles. The van der Waals surface area contributed by atoms with E-state index in [9.17, 15) is 14.4 Å². The van der Waals surface area contributed by atoms with E-state index in [-0.39, 0.29) is 13.1 Å². The molecule has 13 heavy (non-hydrogen) atoms. The summed E-state index contributed by atoms with van der Waals surface area (Å²) in [6, 6.07) is -0.572. The number of nitrogens with two attached hydrogens (primary N) is 2. The Morgan fingerprint density at radius 2 is 1.54 bits per heavy atom. The lowest BCUT2D eigenvalue weighted by atomic mass is 10.4. The first-order valence-electron chi connectivity index (χ1n) is 3.50. The van der Waals surface area contributed by atoms with E-state index in [2.05, 4.69) is 5.32 Å². The van der Waals surface area contributed by atoms with Crippen molar-refractivity contribution in [2.24, 2.45) is 11.5 Å². The highest BCUT2D eigenvalue weighted by Gasteiger charge is 2.15. The summed E-state index contributed by atoms with van der Waals surface area (Å²) in [5, 5.41) is 2.25. The zero-order valence-corrected chi connectivity index (χ0v) is 7.24. The molecular weight excluding hydrogens is 176 g/mol. The van der Waals surface area contributed by atoms with Crippen molar-refractivity contribution in [2.75, 3.05) is 20.1 Å².